The van der Waals surface area contributed by atoms with Gasteiger partial charge in [-0.3, -0.25) is 9.36 Å². The average Bonchev–Trinajstić information content (AvgIpc) is 3.28. The molecule has 2 aromatic carbocycles. The summed E-state index contributed by atoms with van der Waals surface area (Å²) in [6.45, 7) is 3.94. The van der Waals surface area contributed by atoms with E-state index in [2.05, 4.69) is 20.5 Å². The van der Waals surface area contributed by atoms with E-state index in [1.54, 1.807) is 43.3 Å². The van der Waals surface area contributed by atoms with Crippen molar-refractivity contribution in [3.05, 3.63) is 89.1 Å². The van der Waals surface area contributed by atoms with Crippen molar-refractivity contribution in [2.75, 3.05) is 12.0 Å². The van der Waals surface area contributed by atoms with Gasteiger partial charge in [0.15, 0.2) is 5.82 Å². The predicted molar refractivity (Wildman–Crippen MR) is 130 cm³/mol. The number of pyridine rings is 1. The summed E-state index contributed by atoms with van der Waals surface area (Å²) in [5, 5.41) is 11.4. The molecule has 4 aromatic rings. The molecule has 5 rings (SSSR count). The Hall–Kier alpha value is -4.41. The quantitative estimate of drug-likeness (QED) is 0.402. The summed E-state index contributed by atoms with van der Waals surface area (Å²) in [7, 11) is 1.53. The zero-order valence-electron chi connectivity index (χ0n) is 20.2. The lowest BCUT2D eigenvalue weighted by Crippen LogP contribution is -2.29. The number of rotatable bonds is 5. The molecule has 1 aliphatic heterocycles. The van der Waals surface area contributed by atoms with Gasteiger partial charge in [-0.25, -0.2) is 4.98 Å². The fourth-order valence-electron chi connectivity index (χ4n) is 4.32. The molecule has 1 aliphatic rings. The third-order valence-electron chi connectivity index (χ3n) is 6.21. The van der Waals surface area contributed by atoms with Gasteiger partial charge in [0, 0.05) is 17.3 Å². The van der Waals surface area contributed by atoms with Crippen LogP contribution in [0.2, 0.25) is 0 Å². The third-order valence-corrected chi connectivity index (χ3v) is 6.21. The lowest BCUT2D eigenvalue weighted by molar-refractivity contribution is -0.137. The summed E-state index contributed by atoms with van der Waals surface area (Å²) in [6, 6.07) is 15.1. The Morgan fingerprint density at radius 3 is 2.51 bits per heavy atom. The van der Waals surface area contributed by atoms with Crippen molar-refractivity contribution in [1.29, 1.82) is 0 Å². The van der Waals surface area contributed by atoms with E-state index in [4.69, 9.17) is 4.74 Å². The molecule has 37 heavy (non-hydrogen) atoms. The normalized spacial score (nSPS) is 13.5. The van der Waals surface area contributed by atoms with E-state index >= 15 is 0 Å². The highest BCUT2D eigenvalue weighted by atomic mass is 19.4. The van der Waals surface area contributed by atoms with Crippen LogP contribution in [0.15, 0.2) is 60.7 Å². The van der Waals surface area contributed by atoms with Gasteiger partial charge in [0.25, 0.3) is 5.91 Å². The molecule has 0 saturated carbocycles. The summed E-state index contributed by atoms with van der Waals surface area (Å²) in [5.41, 5.74) is 2.27. The maximum absolute atomic E-state index is 13.2. The zero-order valence-corrected chi connectivity index (χ0v) is 20.2. The molecule has 0 spiro atoms. The molecule has 190 valence electrons. The number of halogens is 3. The number of ether oxygens (including phenoxy) is 1. The second-order valence-corrected chi connectivity index (χ2v) is 8.63. The number of hydrogen-bond donors (Lipinski definition) is 1. The van der Waals surface area contributed by atoms with Crippen molar-refractivity contribution in [2.24, 2.45) is 0 Å². The van der Waals surface area contributed by atoms with Gasteiger partial charge in [-0.05, 0) is 62.4 Å². The van der Waals surface area contributed by atoms with Gasteiger partial charge >= 0.3 is 6.18 Å². The number of nitrogens with one attached hydrogen (secondary N) is 1. The fourth-order valence-corrected chi connectivity index (χ4v) is 4.32. The molecule has 8 nitrogen and oxygen atoms in total. The summed E-state index contributed by atoms with van der Waals surface area (Å²) < 4.78 is 46.2. The smallest absolute Gasteiger partial charge is 0.416 e. The Morgan fingerprint density at radius 1 is 1.05 bits per heavy atom. The summed E-state index contributed by atoms with van der Waals surface area (Å²) in [4.78, 5) is 19.4. The first-order valence-corrected chi connectivity index (χ1v) is 11.5. The van der Waals surface area contributed by atoms with Gasteiger partial charge < -0.3 is 15.0 Å². The van der Waals surface area contributed by atoms with Crippen molar-refractivity contribution >= 4 is 17.3 Å². The van der Waals surface area contributed by atoms with Crippen molar-refractivity contribution < 1.29 is 22.7 Å². The molecule has 2 aromatic heterocycles. The summed E-state index contributed by atoms with van der Waals surface area (Å²) in [6.07, 6.45) is -4.42. The number of alkyl halides is 3. The molecule has 0 saturated heterocycles. The molecule has 0 fully saturated rings. The lowest BCUT2D eigenvalue weighted by atomic mass is 10.1. The van der Waals surface area contributed by atoms with Crippen LogP contribution in [0.1, 0.15) is 46.2 Å². The van der Waals surface area contributed by atoms with E-state index in [9.17, 15) is 18.0 Å². The first kappa shape index (κ1) is 24.3. The van der Waals surface area contributed by atoms with E-state index in [0.717, 1.165) is 12.1 Å². The number of anilines is 2. The van der Waals surface area contributed by atoms with Crippen LogP contribution >= 0.6 is 0 Å². The van der Waals surface area contributed by atoms with Crippen molar-refractivity contribution in [3.8, 4) is 11.6 Å². The lowest BCUT2D eigenvalue weighted by Gasteiger charge is -2.32. The average molecular weight is 509 g/mol. The first-order valence-electron chi connectivity index (χ1n) is 11.5. The Bertz CT molecular complexity index is 1470. The van der Waals surface area contributed by atoms with Gasteiger partial charge in [0.05, 0.1) is 42.3 Å². The number of nitrogens with zero attached hydrogens (tertiary/aromatic N) is 5. The monoisotopic (exact) mass is 508 g/mol. The zero-order chi connectivity index (χ0) is 26.3. The maximum atomic E-state index is 13.2. The van der Waals surface area contributed by atoms with E-state index in [-0.39, 0.29) is 11.9 Å². The van der Waals surface area contributed by atoms with Crippen molar-refractivity contribution in [2.45, 2.75) is 32.6 Å². The Labute approximate surface area is 210 Å². The number of fused-ring (bicyclic) bond motifs is 3. The molecule has 0 aliphatic carbocycles. The summed E-state index contributed by atoms with van der Waals surface area (Å²) >= 11 is 0. The van der Waals surface area contributed by atoms with Gasteiger partial charge in [0.1, 0.15) is 5.82 Å². The fraction of sp³-hybridized carbons (Fsp3) is 0.231. The molecule has 1 amide bonds. The molecular formula is C26H23F3N6O2. The van der Waals surface area contributed by atoms with Crippen LogP contribution in [-0.2, 0) is 12.7 Å². The molecule has 0 unspecified atom stereocenters. The number of aryl methyl sites for hydroxylation is 1. The van der Waals surface area contributed by atoms with E-state index in [1.807, 2.05) is 16.4 Å². The maximum Gasteiger partial charge on any atom is 0.416 e. The second-order valence-electron chi connectivity index (χ2n) is 8.63. The molecule has 3 heterocycles. The first-order chi connectivity index (χ1) is 17.7. The van der Waals surface area contributed by atoms with Crippen LogP contribution in [0.3, 0.4) is 0 Å². The topological polar surface area (TPSA) is 85.2 Å². The highest BCUT2D eigenvalue weighted by Crippen LogP contribution is 2.39. The van der Waals surface area contributed by atoms with E-state index in [1.165, 1.54) is 19.2 Å². The Balaban J connectivity index is 1.48. The minimum atomic E-state index is -4.42. The second kappa shape index (κ2) is 9.23. The minimum Gasteiger partial charge on any atom is -0.481 e. The molecule has 1 atom stereocenters. The molecule has 1 N–H and O–H groups in total. The number of carbonyl (C=O) groups is 1. The molecular weight excluding hydrogens is 485 g/mol. The highest BCUT2D eigenvalue weighted by Gasteiger charge is 2.31. The van der Waals surface area contributed by atoms with Crippen molar-refractivity contribution in [1.82, 2.24) is 25.1 Å². The molecule has 0 radical (unpaired) electrons. The van der Waals surface area contributed by atoms with E-state index < -0.39 is 11.7 Å². The number of hydrogen-bond acceptors (Lipinski definition) is 6. The SMILES string of the molecule is COc1cccc([C@H](C)NC(=O)c2ccc3c(c2)-n2c(C)nnc2CN3c2ccc(C(F)(F)F)cc2)n1. The largest absolute Gasteiger partial charge is 0.481 e. The van der Waals surface area contributed by atoms with Crippen LogP contribution in [0.5, 0.6) is 5.88 Å². The Morgan fingerprint density at radius 2 is 1.81 bits per heavy atom. The Kier molecular flexibility index (Phi) is 6.06. The number of benzene rings is 2. The number of methoxy groups -OCH3 is 1. The highest BCUT2D eigenvalue weighted by molar-refractivity contribution is 5.96. The number of carbonyl (C=O) groups excluding carboxylic acids is 1. The van der Waals surface area contributed by atoms with Crippen molar-refractivity contribution in [3.63, 3.8) is 0 Å². The molecule has 0 bridgehead atoms. The number of aromatic nitrogens is 4. The van der Waals surface area contributed by atoms with E-state index in [0.29, 0.717) is 52.4 Å². The van der Waals surface area contributed by atoms with Gasteiger partial charge in [-0.2, -0.15) is 13.2 Å². The van der Waals surface area contributed by atoms with Crippen LogP contribution in [0.25, 0.3) is 5.69 Å². The van der Waals surface area contributed by atoms with Crippen LogP contribution in [-0.4, -0.2) is 32.8 Å². The van der Waals surface area contributed by atoms with Gasteiger partial charge in [0.2, 0.25) is 5.88 Å². The summed E-state index contributed by atoms with van der Waals surface area (Å²) in [5.74, 6) is 1.39. The van der Waals surface area contributed by atoms with Gasteiger partial charge in [-0.15, -0.1) is 10.2 Å². The standard InChI is InChI=1S/C26H23F3N6O2/c1-15(20-5-4-6-24(31-20)37-3)30-25(36)17-7-12-21-22(13-17)35-16(2)32-33-23(35)14-34(21)19-10-8-18(9-11-19)26(27,28)29/h4-13,15H,14H2,1-3H3,(H,30,36)/t15-/m0/s1. The van der Waals surface area contributed by atoms with Crippen LogP contribution in [0, 0.1) is 6.92 Å². The third kappa shape index (κ3) is 4.59. The van der Waals surface area contributed by atoms with Crippen LogP contribution in [0.4, 0.5) is 24.5 Å². The molecule has 11 heteroatoms. The van der Waals surface area contributed by atoms with Gasteiger partial charge in [-0.1, -0.05) is 6.07 Å². The van der Waals surface area contributed by atoms with Crippen LogP contribution < -0.4 is 15.0 Å². The minimum absolute atomic E-state index is 0.307. The number of amides is 1. The predicted octanol–water partition coefficient (Wildman–Crippen LogP) is 5.14.